The molecule has 0 fully saturated rings. The van der Waals surface area contributed by atoms with Crippen molar-refractivity contribution in [2.45, 2.75) is 32.7 Å². The quantitative estimate of drug-likeness (QED) is 0.796. The SMILES string of the molecule is CCc1cc(C(N)C(C)CCN)ccc1OC. The van der Waals surface area contributed by atoms with Crippen LogP contribution in [0.5, 0.6) is 5.75 Å². The maximum atomic E-state index is 6.24. The molecule has 2 atom stereocenters. The molecular weight excluding hydrogens is 212 g/mol. The molecular formula is C14H24N2O. The van der Waals surface area contributed by atoms with Gasteiger partial charge >= 0.3 is 0 Å². The lowest BCUT2D eigenvalue weighted by atomic mass is 9.91. The minimum Gasteiger partial charge on any atom is -0.496 e. The molecule has 1 aromatic carbocycles. The Morgan fingerprint density at radius 1 is 1.35 bits per heavy atom. The van der Waals surface area contributed by atoms with E-state index in [0.717, 1.165) is 18.6 Å². The zero-order chi connectivity index (χ0) is 12.8. The summed E-state index contributed by atoms with van der Waals surface area (Å²) in [6.45, 7) is 4.95. The molecule has 0 aliphatic heterocycles. The Morgan fingerprint density at radius 3 is 2.59 bits per heavy atom. The Labute approximate surface area is 104 Å². The molecule has 0 aromatic heterocycles. The van der Waals surface area contributed by atoms with Crippen molar-refractivity contribution in [3.63, 3.8) is 0 Å². The fourth-order valence-electron chi connectivity index (χ4n) is 2.05. The number of hydrogen-bond donors (Lipinski definition) is 2. The Bertz CT molecular complexity index is 352. The van der Waals surface area contributed by atoms with Crippen LogP contribution in [0.2, 0.25) is 0 Å². The molecule has 0 saturated heterocycles. The summed E-state index contributed by atoms with van der Waals surface area (Å²) in [5.41, 5.74) is 14.2. The van der Waals surface area contributed by atoms with Gasteiger partial charge in [0.05, 0.1) is 7.11 Å². The zero-order valence-electron chi connectivity index (χ0n) is 11.1. The predicted molar refractivity (Wildman–Crippen MR) is 72.1 cm³/mol. The first-order chi connectivity index (χ1) is 8.13. The van der Waals surface area contributed by atoms with E-state index in [-0.39, 0.29) is 6.04 Å². The number of rotatable bonds is 6. The molecule has 96 valence electrons. The number of aryl methyl sites for hydroxylation is 1. The number of nitrogens with two attached hydrogens (primary N) is 2. The van der Waals surface area contributed by atoms with Crippen LogP contribution in [0, 0.1) is 5.92 Å². The molecule has 0 bridgehead atoms. The van der Waals surface area contributed by atoms with E-state index in [0.29, 0.717) is 12.5 Å². The van der Waals surface area contributed by atoms with Crippen LogP contribution in [-0.4, -0.2) is 13.7 Å². The summed E-state index contributed by atoms with van der Waals surface area (Å²) in [4.78, 5) is 0. The minimum absolute atomic E-state index is 0.0507. The molecule has 4 N–H and O–H groups in total. The van der Waals surface area contributed by atoms with E-state index < -0.39 is 0 Å². The van der Waals surface area contributed by atoms with Gasteiger partial charge in [-0.1, -0.05) is 26.0 Å². The van der Waals surface area contributed by atoms with E-state index in [4.69, 9.17) is 16.2 Å². The Kier molecular flexibility index (Phi) is 5.45. The lowest BCUT2D eigenvalue weighted by molar-refractivity contribution is 0.408. The van der Waals surface area contributed by atoms with Crippen LogP contribution >= 0.6 is 0 Å². The van der Waals surface area contributed by atoms with Crippen LogP contribution in [0.4, 0.5) is 0 Å². The average molecular weight is 236 g/mol. The van der Waals surface area contributed by atoms with Crippen molar-refractivity contribution in [1.82, 2.24) is 0 Å². The lowest BCUT2D eigenvalue weighted by Crippen LogP contribution is -2.21. The summed E-state index contributed by atoms with van der Waals surface area (Å²) >= 11 is 0. The maximum Gasteiger partial charge on any atom is 0.122 e. The molecule has 0 aliphatic carbocycles. The normalized spacial score (nSPS) is 14.4. The van der Waals surface area contributed by atoms with Crippen LogP contribution in [-0.2, 0) is 6.42 Å². The minimum atomic E-state index is 0.0507. The molecule has 3 nitrogen and oxygen atoms in total. The molecule has 0 aliphatic rings. The van der Waals surface area contributed by atoms with E-state index in [9.17, 15) is 0 Å². The van der Waals surface area contributed by atoms with E-state index >= 15 is 0 Å². The van der Waals surface area contributed by atoms with Gasteiger partial charge in [-0.15, -0.1) is 0 Å². The van der Waals surface area contributed by atoms with Gasteiger partial charge in [0.25, 0.3) is 0 Å². The Balaban J connectivity index is 2.91. The van der Waals surface area contributed by atoms with E-state index in [1.165, 1.54) is 11.1 Å². The van der Waals surface area contributed by atoms with Crippen LogP contribution < -0.4 is 16.2 Å². The fraction of sp³-hybridized carbons (Fsp3) is 0.571. The molecule has 3 heteroatoms. The third-order valence-corrected chi connectivity index (χ3v) is 3.31. The highest BCUT2D eigenvalue weighted by atomic mass is 16.5. The number of ether oxygens (including phenoxy) is 1. The van der Waals surface area contributed by atoms with Crippen molar-refractivity contribution in [2.75, 3.05) is 13.7 Å². The van der Waals surface area contributed by atoms with Gasteiger partial charge in [-0.05, 0) is 42.5 Å². The summed E-state index contributed by atoms with van der Waals surface area (Å²) < 4.78 is 5.32. The highest BCUT2D eigenvalue weighted by Crippen LogP contribution is 2.27. The van der Waals surface area contributed by atoms with Crippen LogP contribution in [0.25, 0.3) is 0 Å². The third kappa shape index (κ3) is 3.45. The smallest absolute Gasteiger partial charge is 0.122 e. The van der Waals surface area contributed by atoms with Crippen LogP contribution in [0.1, 0.15) is 37.4 Å². The average Bonchev–Trinajstić information content (AvgIpc) is 2.37. The van der Waals surface area contributed by atoms with Gasteiger partial charge in [0, 0.05) is 6.04 Å². The Hall–Kier alpha value is -1.06. The zero-order valence-corrected chi connectivity index (χ0v) is 11.1. The molecule has 2 unspecified atom stereocenters. The second-order valence-corrected chi connectivity index (χ2v) is 4.51. The van der Waals surface area contributed by atoms with Gasteiger partial charge in [0.2, 0.25) is 0 Å². The van der Waals surface area contributed by atoms with Crippen LogP contribution in [0.15, 0.2) is 18.2 Å². The summed E-state index contributed by atoms with van der Waals surface area (Å²) in [6, 6.07) is 6.25. The van der Waals surface area contributed by atoms with Gasteiger partial charge < -0.3 is 16.2 Å². The van der Waals surface area contributed by atoms with Crippen molar-refractivity contribution in [3.8, 4) is 5.75 Å². The van der Waals surface area contributed by atoms with Crippen molar-refractivity contribution < 1.29 is 4.74 Å². The van der Waals surface area contributed by atoms with Crippen molar-refractivity contribution in [3.05, 3.63) is 29.3 Å². The van der Waals surface area contributed by atoms with Gasteiger partial charge in [-0.25, -0.2) is 0 Å². The van der Waals surface area contributed by atoms with Gasteiger partial charge in [-0.2, -0.15) is 0 Å². The van der Waals surface area contributed by atoms with Gasteiger partial charge in [-0.3, -0.25) is 0 Å². The molecule has 0 saturated carbocycles. The standard InChI is InChI=1S/C14H24N2O/c1-4-11-9-12(5-6-13(11)17-3)14(16)10(2)7-8-15/h5-6,9-10,14H,4,7-8,15-16H2,1-3H3. The molecule has 17 heavy (non-hydrogen) atoms. The summed E-state index contributed by atoms with van der Waals surface area (Å²) in [6.07, 6.45) is 1.91. The first-order valence-electron chi connectivity index (χ1n) is 6.26. The number of benzene rings is 1. The van der Waals surface area contributed by atoms with E-state index in [2.05, 4.69) is 26.0 Å². The molecule has 0 amide bonds. The fourth-order valence-corrected chi connectivity index (χ4v) is 2.05. The van der Waals surface area contributed by atoms with Crippen molar-refractivity contribution in [1.29, 1.82) is 0 Å². The summed E-state index contributed by atoms with van der Waals surface area (Å²) in [5.74, 6) is 1.34. The summed E-state index contributed by atoms with van der Waals surface area (Å²) in [5, 5.41) is 0. The highest BCUT2D eigenvalue weighted by Gasteiger charge is 2.15. The monoisotopic (exact) mass is 236 g/mol. The first-order valence-corrected chi connectivity index (χ1v) is 6.26. The lowest BCUT2D eigenvalue weighted by Gasteiger charge is -2.21. The van der Waals surface area contributed by atoms with Crippen molar-refractivity contribution >= 4 is 0 Å². The third-order valence-electron chi connectivity index (χ3n) is 3.31. The van der Waals surface area contributed by atoms with E-state index in [1.54, 1.807) is 7.11 Å². The van der Waals surface area contributed by atoms with Crippen molar-refractivity contribution in [2.24, 2.45) is 17.4 Å². The molecule has 0 heterocycles. The highest BCUT2D eigenvalue weighted by molar-refractivity contribution is 5.38. The van der Waals surface area contributed by atoms with E-state index in [1.807, 2.05) is 6.07 Å². The molecule has 1 aromatic rings. The van der Waals surface area contributed by atoms with Crippen LogP contribution in [0.3, 0.4) is 0 Å². The first kappa shape index (κ1) is 14.0. The summed E-state index contributed by atoms with van der Waals surface area (Å²) in [7, 11) is 1.70. The van der Waals surface area contributed by atoms with Gasteiger partial charge in [0.15, 0.2) is 0 Å². The Morgan fingerprint density at radius 2 is 2.06 bits per heavy atom. The largest absolute Gasteiger partial charge is 0.496 e. The van der Waals surface area contributed by atoms with Gasteiger partial charge in [0.1, 0.15) is 5.75 Å². The number of methoxy groups -OCH3 is 1. The second kappa shape index (κ2) is 6.62. The molecule has 0 spiro atoms. The maximum absolute atomic E-state index is 6.24. The molecule has 0 radical (unpaired) electrons. The predicted octanol–water partition coefficient (Wildman–Crippen LogP) is 2.24. The number of hydrogen-bond acceptors (Lipinski definition) is 3. The second-order valence-electron chi connectivity index (χ2n) is 4.51. The molecule has 1 rings (SSSR count). The topological polar surface area (TPSA) is 61.3 Å².